The number of ether oxygens (including phenoxy) is 2. The summed E-state index contributed by atoms with van der Waals surface area (Å²) in [6, 6.07) is 11.6. The van der Waals surface area contributed by atoms with Crippen molar-refractivity contribution in [1.29, 1.82) is 0 Å². The van der Waals surface area contributed by atoms with E-state index in [0.29, 0.717) is 35.7 Å². The van der Waals surface area contributed by atoms with Gasteiger partial charge in [-0.15, -0.1) is 10.2 Å². The number of aromatic nitrogens is 2. The molecule has 0 atom stereocenters. The first kappa shape index (κ1) is 20.7. The van der Waals surface area contributed by atoms with Crippen molar-refractivity contribution >= 4 is 33.6 Å². The van der Waals surface area contributed by atoms with Crippen LogP contribution in [0.15, 0.2) is 50.5 Å². The van der Waals surface area contributed by atoms with E-state index in [9.17, 15) is 4.79 Å². The maximum atomic E-state index is 12.7. The van der Waals surface area contributed by atoms with Crippen molar-refractivity contribution in [2.75, 3.05) is 26.5 Å². The van der Waals surface area contributed by atoms with Crippen LogP contribution < -0.4 is 9.47 Å². The van der Waals surface area contributed by atoms with E-state index in [-0.39, 0.29) is 11.7 Å². The minimum atomic E-state index is 0.0313. The first-order valence-electron chi connectivity index (χ1n) is 9.31. The molecule has 1 amide bonds. The fourth-order valence-electron chi connectivity index (χ4n) is 3.29. The molecule has 0 saturated heterocycles. The van der Waals surface area contributed by atoms with Gasteiger partial charge in [0.05, 0.1) is 20.0 Å². The van der Waals surface area contributed by atoms with Gasteiger partial charge in [0.25, 0.3) is 5.22 Å². The molecule has 2 heterocycles. The summed E-state index contributed by atoms with van der Waals surface area (Å²) < 4.78 is 17.4. The maximum absolute atomic E-state index is 12.7. The van der Waals surface area contributed by atoms with Gasteiger partial charge in [-0.1, -0.05) is 27.7 Å². The van der Waals surface area contributed by atoms with Crippen LogP contribution in [0.1, 0.15) is 11.1 Å². The molecule has 2 aromatic carbocycles. The highest BCUT2D eigenvalue weighted by molar-refractivity contribution is 9.10. The van der Waals surface area contributed by atoms with E-state index in [2.05, 4.69) is 26.1 Å². The molecule has 1 aromatic heterocycles. The van der Waals surface area contributed by atoms with Crippen LogP contribution >= 0.6 is 27.7 Å². The van der Waals surface area contributed by atoms with Crippen molar-refractivity contribution in [2.24, 2.45) is 0 Å². The van der Waals surface area contributed by atoms with Crippen LogP contribution in [0.2, 0.25) is 0 Å². The topological polar surface area (TPSA) is 77.7 Å². The number of hydrogen-bond donors (Lipinski definition) is 0. The van der Waals surface area contributed by atoms with Crippen LogP contribution in [-0.2, 0) is 17.8 Å². The highest BCUT2D eigenvalue weighted by Gasteiger charge is 2.23. The molecule has 1 aliphatic rings. The molecule has 30 heavy (non-hydrogen) atoms. The Labute approximate surface area is 186 Å². The second-order valence-electron chi connectivity index (χ2n) is 6.71. The lowest BCUT2D eigenvalue weighted by atomic mass is 9.99. The zero-order valence-electron chi connectivity index (χ0n) is 16.6. The standard InChI is InChI=1S/C21H20BrN3O4S/c1-27-17-9-14-7-8-25(11-15(14)10-18(17)28-2)19(26)12-30-21-24-23-20(29-21)13-3-5-16(22)6-4-13/h3-6,9-10H,7-8,11-12H2,1-2H3. The number of rotatable bonds is 6. The number of benzene rings is 2. The Balaban J connectivity index is 1.38. The molecule has 0 bridgehead atoms. The molecule has 0 saturated carbocycles. The van der Waals surface area contributed by atoms with Gasteiger partial charge in [0.15, 0.2) is 11.5 Å². The molecule has 7 nitrogen and oxygen atoms in total. The third-order valence-corrected chi connectivity index (χ3v) is 6.22. The third kappa shape index (κ3) is 4.46. The molecule has 156 valence electrons. The third-order valence-electron chi connectivity index (χ3n) is 4.89. The highest BCUT2D eigenvalue weighted by Crippen LogP contribution is 2.33. The first-order valence-corrected chi connectivity index (χ1v) is 11.1. The van der Waals surface area contributed by atoms with Gasteiger partial charge in [0, 0.05) is 23.1 Å². The van der Waals surface area contributed by atoms with E-state index < -0.39 is 0 Å². The number of methoxy groups -OCH3 is 2. The summed E-state index contributed by atoms with van der Waals surface area (Å²) in [7, 11) is 3.24. The number of hydrogen-bond acceptors (Lipinski definition) is 7. The van der Waals surface area contributed by atoms with Crippen LogP contribution in [0.3, 0.4) is 0 Å². The van der Waals surface area contributed by atoms with E-state index >= 15 is 0 Å². The number of halogens is 1. The summed E-state index contributed by atoms with van der Waals surface area (Å²) in [4.78, 5) is 14.6. The highest BCUT2D eigenvalue weighted by atomic mass is 79.9. The summed E-state index contributed by atoms with van der Waals surface area (Å²) in [6.45, 7) is 1.21. The van der Waals surface area contributed by atoms with Crippen molar-refractivity contribution in [3.8, 4) is 23.0 Å². The van der Waals surface area contributed by atoms with Crippen molar-refractivity contribution in [3.63, 3.8) is 0 Å². The predicted molar refractivity (Wildman–Crippen MR) is 117 cm³/mol. The summed E-state index contributed by atoms with van der Waals surface area (Å²) in [5.74, 6) is 2.09. The Morgan fingerprint density at radius 3 is 2.53 bits per heavy atom. The lowest BCUT2D eigenvalue weighted by Gasteiger charge is -2.29. The van der Waals surface area contributed by atoms with Crippen LogP contribution in [0.5, 0.6) is 11.5 Å². The van der Waals surface area contributed by atoms with E-state index in [1.54, 1.807) is 14.2 Å². The van der Waals surface area contributed by atoms with Gasteiger partial charge in [-0.2, -0.15) is 0 Å². The molecule has 0 radical (unpaired) electrons. The second kappa shape index (κ2) is 9.09. The number of nitrogens with zero attached hydrogens (tertiary/aromatic N) is 3. The van der Waals surface area contributed by atoms with Crippen molar-refractivity contribution in [2.45, 2.75) is 18.2 Å². The fraction of sp³-hybridized carbons (Fsp3) is 0.286. The van der Waals surface area contributed by atoms with Gasteiger partial charge in [-0.25, -0.2) is 0 Å². The molecule has 0 aliphatic carbocycles. The van der Waals surface area contributed by atoms with E-state index in [0.717, 1.165) is 22.0 Å². The lowest BCUT2D eigenvalue weighted by molar-refractivity contribution is -0.129. The van der Waals surface area contributed by atoms with Crippen molar-refractivity contribution < 1.29 is 18.7 Å². The average molecular weight is 490 g/mol. The van der Waals surface area contributed by atoms with E-state index in [1.165, 1.54) is 17.3 Å². The molecule has 4 rings (SSSR count). The van der Waals surface area contributed by atoms with Crippen LogP contribution in [0, 0.1) is 0 Å². The van der Waals surface area contributed by atoms with Gasteiger partial charge in [0.1, 0.15) is 0 Å². The summed E-state index contributed by atoms with van der Waals surface area (Å²) in [6.07, 6.45) is 0.778. The van der Waals surface area contributed by atoms with Gasteiger partial charge >= 0.3 is 0 Å². The number of carbonyl (C=O) groups excluding carboxylic acids is 1. The SMILES string of the molecule is COc1cc2c(cc1OC)CN(C(=O)CSc1nnc(-c3ccc(Br)cc3)o1)CC2. The average Bonchev–Trinajstić information content (AvgIpc) is 3.25. The Morgan fingerprint density at radius 2 is 1.83 bits per heavy atom. The molecule has 0 spiro atoms. The quantitative estimate of drug-likeness (QED) is 0.480. The first-order chi connectivity index (χ1) is 14.6. The Bertz CT molecular complexity index is 1050. The normalized spacial score (nSPS) is 13.1. The Hall–Kier alpha value is -2.52. The van der Waals surface area contributed by atoms with E-state index in [4.69, 9.17) is 13.9 Å². The lowest BCUT2D eigenvalue weighted by Crippen LogP contribution is -2.37. The second-order valence-corrected chi connectivity index (χ2v) is 8.55. The Morgan fingerprint density at radius 1 is 1.13 bits per heavy atom. The molecular weight excluding hydrogens is 470 g/mol. The summed E-state index contributed by atoms with van der Waals surface area (Å²) in [5.41, 5.74) is 3.09. The summed E-state index contributed by atoms with van der Waals surface area (Å²) >= 11 is 4.65. The maximum Gasteiger partial charge on any atom is 0.277 e. The molecule has 9 heteroatoms. The van der Waals surface area contributed by atoms with Crippen LogP contribution in [-0.4, -0.2) is 47.5 Å². The number of carbonyl (C=O) groups is 1. The monoisotopic (exact) mass is 489 g/mol. The Kier molecular flexibility index (Phi) is 6.29. The predicted octanol–water partition coefficient (Wildman–Crippen LogP) is 4.19. The molecule has 0 N–H and O–H groups in total. The fourth-order valence-corrected chi connectivity index (χ4v) is 4.22. The molecule has 0 fully saturated rings. The zero-order valence-corrected chi connectivity index (χ0v) is 19.0. The number of fused-ring (bicyclic) bond motifs is 1. The van der Waals surface area contributed by atoms with Gasteiger partial charge < -0.3 is 18.8 Å². The number of amides is 1. The van der Waals surface area contributed by atoms with Gasteiger partial charge in [-0.3, -0.25) is 4.79 Å². The number of thioether (sulfide) groups is 1. The largest absolute Gasteiger partial charge is 0.493 e. The van der Waals surface area contributed by atoms with E-state index in [1.807, 2.05) is 41.3 Å². The molecule has 1 aliphatic heterocycles. The molecular formula is C21H20BrN3O4S. The van der Waals surface area contributed by atoms with Gasteiger partial charge in [-0.05, 0) is 53.9 Å². The molecule has 0 unspecified atom stereocenters. The minimum absolute atomic E-state index is 0.0313. The van der Waals surface area contributed by atoms with Crippen LogP contribution in [0.4, 0.5) is 0 Å². The molecule has 3 aromatic rings. The van der Waals surface area contributed by atoms with Crippen molar-refractivity contribution in [1.82, 2.24) is 15.1 Å². The van der Waals surface area contributed by atoms with Crippen molar-refractivity contribution in [3.05, 3.63) is 52.0 Å². The smallest absolute Gasteiger partial charge is 0.277 e. The minimum Gasteiger partial charge on any atom is -0.493 e. The van der Waals surface area contributed by atoms with Crippen LogP contribution in [0.25, 0.3) is 11.5 Å². The summed E-state index contributed by atoms with van der Waals surface area (Å²) in [5, 5.41) is 8.49. The zero-order chi connectivity index (χ0) is 21.1. The van der Waals surface area contributed by atoms with Gasteiger partial charge in [0.2, 0.25) is 11.8 Å².